The third kappa shape index (κ3) is 3.19. The Bertz CT molecular complexity index is 613. The molecule has 0 amide bonds. The summed E-state index contributed by atoms with van der Waals surface area (Å²) >= 11 is 3.39. The minimum atomic E-state index is -0.998. The third-order valence-corrected chi connectivity index (χ3v) is 3.64. The van der Waals surface area contributed by atoms with E-state index in [-0.39, 0.29) is 5.56 Å². The van der Waals surface area contributed by atoms with Gasteiger partial charge in [-0.15, -0.1) is 0 Å². The number of aliphatic hydroxyl groups excluding tert-OH is 1. The average molecular weight is 339 g/mol. The van der Waals surface area contributed by atoms with E-state index < -0.39 is 11.9 Å². The van der Waals surface area contributed by atoms with Gasteiger partial charge in [-0.3, -0.25) is 0 Å². The zero-order valence-corrected chi connectivity index (χ0v) is 12.9. The second-order valence-corrected chi connectivity index (χ2v) is 5.40. The highest BCUT2D eigenvalue weighted by Crippen LogP contribution is 2.31. The number of hydrogen-bond acceptors (Lipinski definition) is 2. The van der Waals surface area contributed by atoms with Crippen molar-refractivity contribution in [2.24, 2.45) is 0 Å². The van der Waals surface area contributed by atoms with Crippen LogP contribution in [0.5, 0.6) is 5.75 Å². The molecule has 0 aliphatic rings. The number of aliphatic hydroxyl groups is 1. The molecule has 106 valence electrons. The second-order valence-electron chi connectivity index (χ2n) is 4.55. The molecule has 0 spiro atoms. The normalized spacial score (nSPS) is 12.2. The molecule has 1 atom stereocenters. The van der Waals surface area contributed by atoms with Gasteiger partial charge in [-0.2, -0.15) is 0 Å². The molecule has 1 unspecified atom stereocenters. The molecular formula is C16H16BrFO2. The minimum absolute atomic E-state index is 0.270. The van der Waals surface area contributed by atoms with E-state index in [9.17, 15) is 9.50 Å². The highest BCUT2D eigenvalue weighted by Gasteiger charge is 2.16. The van der Waals surface area contributed by atoms with E-state index in [0.29, 0.717) is 17.9 Å². The monoisotopic (exact) mass is 338 g/mol. The Morgan fingerprint density at radius 2 is 2.00 bits per heavy atom. The molecule has 0 bridgehead atoms. The molecule has 0 aromatic heterocycles. The van der Waals surface area contributed by atoms with E-state index in [0.717, 1.165) is 10.0 Å². The molecule has 2 aromatic carbocycles. The maximum atomic E-state index is 13.9. The van der Waals surface area contributed by atoms with Crippen molar-refractivity contribution in [3.63, 3.8) is 0 Å². The van der Waals surface area contributed by atoms with Crippen LogP contribution in [-0.2, 0) is 0 Å². The van der Waals surface area contributed by atoms with Gasteiger partial charge in [-0.1, -0.05) is 18.2 Å². The zero-order valence-electron chi connectivity index (χ0n) is 11.4. The summed E-state index contributed by atoms with van der Waals surface area (Å²) in [5.74, 6) is 0.301. The first-order valence-corrected chi connectivity index (χ1v) is 7.18. The lowest BCUT2D eigenvalue weighted by molar-refractivity contribution is 0.214. The smallest absolute Gasteiger partial charge is 0.133 e. The molecule has 0 fully saturated rings. The van der Waals surface area contributed by atoms with Crippen LogP contribution in [0, 0.1) is 12.7 Å². The van der Waals surface area contributed by atoms with E-state index >= 15 is 0 Å². The molecule has 0 aliphatic heterocycles. The number of rotatable bonds is 4. The number of halogens is 2. The topological polar surface area (TPSA) is 29.5 Å². The molecule has 20 heavy (non-hydrogen) atoms. The molecule has 2 rings (SSSR count). The van der Waals surface area contributed by atoms with Crippen molar-refractivity contribution >= 4 is 15.9 Å². The number of hydrogen-bond donors (Lipinski definition) is 1. The number of benzene rings is 2. The van der Waals surface area contributed by atoms with Crippen molar-refractivity contribution < 1.29 is 14.2 Å². The lowest BCUT2D eigenvalue weighted by atomic mass is 10.00. The Morgan fingerprint density at radius 3 is 2.60 bits per heavy atom. The van der Waals surface area contributed by atoms with Gasteiger partial charge >= 0.3 is 0 Å². The summed E-state index contributed by atoms with van der Waals surface area (Å²) in [4.78, 5) is 0. The van der Waals surface area contributed by atoms with Crippen molar-refractivity contribution in [1.29, 1.82) is 0 Å². The van der Waals surface area contributed by atoms with Gasteiger partial charge in [0.05, 0.1) is 11.1 Å². The van der Waals surface area contributed by atoms with Crippen LogP contribution in [0.2, 0.25) is 0 Å². The molecule has 1 N–H and O–H groups in total. The Morgan fingerprint density at radius 1 is 1.25 bits per heavy atom. The molecule has 4 heteroatoms. The largest absolute Gasteiger partial charge is 0.493 e. The van der Waals surface area contributed by atoms with Gasteiger partial charge in [-0.05, 0) is 59.1 Å². The quantitative estimate of drug-likeness (QED) is 0.896. The molecule has 0 aliphatic carbocycles. The summed E-state index contributed by atoms with van der Waals surface area (Å²) in [5, 5.41) is 10.3. The standard InChI is InChI=1S/C16H16BrFO2/c1-3-20-15-7-5-11(9-13(15)17)16(19)12-6-4-10(2)8-14(12)18/h4-9,16,19H,3H2,1-2H3. The van der Waals surface area contributed by atoms with Gasteiger partial charge in [0, 0.05) is 5.56 Å². The number of aryl methyl sites for hydroxylation is 1. The fourth-order valence-corrected chi connectivity index (χ4v) is 2.50. The molecule has 0 saturated heterocycles. The van der Waals surface area contributed by atoms with Gasteiger partial charge in [0.2, 0.25) is 0 Å². The van der Waals surface area contributed by atoms with Crippen LogP contribution in [0.3, 0.4) is 0 Å². The van der Waals surface area contributed by atoms with Gasteiger partial charge in [0.15, 0.2) is 0 Å². The van der Waals surface area contributed by atoms with Crippen molar-refractivity contribution in [2.45, 2.75) is 20.0 Å². The van der Waals surface area contributed by atoms with Crippen LogP contribution in [0.25, 0.3) is 0 Å². The summed E-state index contributed by atoms with van der Waals surface area (Å²) in [5.41, 5.74) is 1.71. The van der Waals surface area contributed by atoms with Crippen molar-refractivity contribution in [3.05, 3.63) is 63.4 Å². The maximum Gasteiger partial charge on any atom is 0.133 e. The van der Waals surface area contributed by atoms with Crippen LogP contribution in [0.4, 0.5) is 4.39 Å². The third-order valence-electron chi connectivity index (χ3n) is 3.02. The fraction of sp³-hybridized carbons (Fsp3) is 0.250. The second kappa shape index (κ2) is 6.37. The van der Waals surface area contributed by atoms with Gasteiger partial charge in [0.1, 0.15) is 17.7 Å². The SMILES string of the molecule is CCOc1ccc(C(O)c2ccc(C)cc2F)cc1Br. The first-order valence-electron chi connectivity index (χ1n) is 6.39. The van der Waals surface area contributed by atoms with E-state index in [1.165, 1.54) is 6.07 Å². The highest BCUT2D eigenvalue weighted by molar-refractivity contribution is 9.10. The van der Waals surface area contributed by atoms with Crippen molar-refractivity contribution in [3.8, 4) is 5.75 Å². The summed E-state index contributed by atoms with van der Waals surface area (Å²) in [6, 6.07) is 10.1. The predicted octanol–water partition coefficient (Wildman–Crippen LogP) is 4.38. The van der Waals surface area contributed by atoms with E-state index in [1.54, 1.807) is 30.3 Å². The minimum Gasteiger partial charge on any atom is -0.493 e. The average Bonchev–Trinajstić information content (AvgIpc) is 2.40. The zero-order chi connectivity index (χ0) is 14.7. The van der Waals surface area contributed by atoms with Crippen LogP contribution in [0.1, 0.15) is 29.7 Å². The first-order chi connectivity index (χ1) is 9.52. The van der Waals surface area contributed by atoms with E-state index in [1.807, 2.05) is 13.8 Å². The van der Waals surface area contributed by atoms with Crippen molar-refractivity contribution in [1.82, 2.24) is 0 Å². The Kier molecular flexibility index (Phi) is 4.78. The molecular weight excluding hydrogens is 323 g/mol. The molecule has 0 heterocycles. The predicted molar refractivity (Wildman–Crippen MR) is 80.5 cm³/mol. The lowest BCUT2D eigenvalue weighted by Crippen LogP contribution is -2.03. The Labute approximate surface area is 126 Å². The van der Waals surface area contributed by atoms with E-state index in [4.69, 9.17) is 4.74 Å². The highest BCUT2D eigenvalue weighted by atomic mass is 79.9. The Balaban J connectivity index is 2.33. The van der Waals surface area contributed by atoms with Gasteiger partial charge in [0.25, 0.3) is 0 Å². The van der Waals surface area contributed by atoms with Crippen LogP contribution >= 0.6 is 15.9 Å². The number of ether oxygens (including phenoxy) is 1. The van der Waals surface area contributed by atoms with Crippen LogP contribution < -0.4 is 4.74 Å². The lowest BCUT2D eigenvalue weighted by Gasteiger charge is -2.14. The van der Waals surface area contributed by atoms with E-state index in [2.05, 4.69) is 15.9 Å². The summed E-state index contributed by atoms with van der Waals surface area (Å²) in [6.45, 7) is 4.27. The first kappa shape index (κ1) is 15.0. The molecule has 2 aromatic rings. The maximum absolute atomic E-state index is 13.9. The molecule has 0 radical (unpaired) electrons. The Hall–Kier alpha value is -1.39. The summed E-state index contributed by atoms with van der Waals surface area (Å²) in [7, 11) is 0. The molecule has 2 nitrogen and oxygen atoms in total. The van der Waals surface area contributed by atoms with Gasteiger partial charge in [-0.25, -0.2) is 4.39 Å². The molecule has 0 saturated carbocycles. The van der Waals surface area contributed by atoms with Gasteiger partial charge < -0.3 is 9.84 Å². The van der Waals surface area contributed by atoms with Crippen LogP contribution in [0.15, 0.2) is 40.9 Å². The fourth-order valence-electron chi connectivity index (χ4n) is 1.99. The summed E-state index contributed by atoms with van der Waals surface area (Å²) < 4.78 is 20.0. The summed E-state index contributed by atoms with van der Waals surface area (Å²) in [6.07, 6.45) is -0.998. The van der Waals surface area contributed by atoms with Crippen LogP contribution in [-0.4, -0.2) is 11.7 Å². The van der Waals surface area contributed by atoms with Crippen molar-refractivity contribution in [2.75, 3.05) is 6.61 Å².